The SMILES string of the molecule is COc1ccc([C@H](c2sc3nc(C)nn3c2O)[NH+]2C[C@@H](C)C[C@H](C)C2)cc1. The molecule has 0 spiro atoms. The summed E-state index contributed by atoms with van der Waals surface area (Å²) >= 11 is 1.54. The first-order valence-corrected chi connectivity index (χ1v) is 10.3. The van der Waals surface area contributed by atoms with Crippen molar-refractivity contribution in [2.24, 2.45) is 11.8 Å². The van der Waals surface area contributed by atoms with E-state index < -0.39 is 0 Å². The van der Waals surface area contributed by atoms with Gasteiger partial charge >= 0.3 is 0 Å². The van der Waals surface area contributed by atoms with Crippen molar-refractivity contribution < 1.29 is 14.7 Å². The molecule has 3 atom stereocenters. The van der Waals surface area contributed by atoms with Crippen LogP contribution in [0.15, 0.2) is 24.3 Å². The number of nitrogens with one attached hydrogen (secondary N) is 1. The minimum atomic E-state index is 0.0647. The van der Waals surface area contributed by atoms with E-state index in [1.165, 1.54) is 16.9 Å². The maximum atomic E-state index is 10.9. The van der Waals surface area contributed by atoms with E-state index in [1.807, 2.05) is 19.1 Å². The Morgan fingerprint density at radius 1 is 1.22 bits per heavy atom. The lowest BCUT2D eigenvalue weighted by atomic mass is 9.89. The topological polar surface area (TPSA) is 64.1 Å². The number of nitrogens with zero attached hydrogens (tertiary/aromatic N) is 3. The Kier molecular flexibility index (Phi) is 4.82. The molecule has 2 aromatic heterocycles. The monoisotopic (exact) mass is 387 g/mol. The summed E-state index contributed by atoms with van der Waals surface area (Å²) in [4.78, 5) is 7.63. The van der Waals surface area contributed by atoms with Crippen LogP contribution in [0.25, 0.3) is 4.96 Å². The van der Waals surface area contributed by atoms with Crippen LogP contribution in [0.1, 0.15) is 42.6 Å². The smallest absolute Gasteiger partial charge is 0.235 e. The van der Waals surface area contributed by atoms with Crippen LogP contribution in [0.4, 0.5) is 0 Å². The van der Waals surface area contributed by atoms with E-state index in [2.05, 4.69) is 36.1 Å². The van der Waals surface area contributed by atoms with Crippen LogP contribution in [0.3, 0.4) is 0 Å². The molecule has 7 heteroatoms. The molecule has 1 aliphatic heterocycles. The van der Waals surface area contributed by atoms with Gasteiger partial charge in [0.2, 0.25) is 10.8 Å². The summed E-state index contributed by atoms with van der Waals surface area (Å²) in [6, 6.07) is 8.28. The molecule has 0 bridgehead atoms. The fourth-order valence-electron chi connectivity index (χ4n) is 4.47. The number of quaternary nitrogens is 1. The van der Waals surface area contributed by atoms with E-state index in [9.17, 15) is 5.11 Å². The predicted molar refractivity (Wildman–Crippen MR) is 106 cm³/mol. The second-order valence-electron chi connectivity index (χ2n) is 7.86. The van der Waals surface area contributed by atoms with Gasteiger partial charge in [-0.2, -0.15) is 4.52 Å². The van der Waals surface area contributed by atoms with Crippen molar-refractivity contribution in [3.05, 3.63) is 40.5 Å². The van der Waals surface area contributed by atoms with E-state index in [-0.39, 0.29) is 11.9 Å². The number of aromatic hydroxyl groups is 1. The predicted octanol–water partition coefficient (Wildman–Crippen LogP) is 2.46. The summed E-state index contributed by atoms with van der Waals surface area (Å²) in [5, 5.41) is 15.3. The second-order valence-corrected chi connectivity index (χ2v) is 8.87. The van der Waals surface area contributed by atoms with Gasteiger partial charge in [0.05, 0.1) is 20.2 Å². The first-order chi connectivity index (χ1) is 13.0. The standard InChI is InChI=1S/C20H26N4O2S/c1-12-9-13(2)11-23(10-12)17(15-5-7-16(26-4)8-6-15)18-19(25)24-20(27-18)21-14(3)22-24/h5-8,12-13,17,25H,9-11H2,1-4H3/p+1/t12-,13-,17+/m0/s1. The van der Waals surface area contributed by atoms with Crippen molar-refractivity contribution in [2.45, 2.75) is 33.2 Å². The van der Waals surface area contributed by atoms with Crippen LogP contribution in [-0.2, 0) is 0 Å². The maximum absolute atomic E-state index is 10.9. The first kappa shape index (κ1) is 18.3. The summed E-state index contributed by atoms with van der Waals surface area (Å²) in [6.07, 6.45) is 1.26. The summed E-state index contributed by atoms with van der Waals surface area (Å²) in [5.41, 5.74) is 1.18. The number of thiazole rings is 1. The van der Waals surface area contributed by atoms with Gasteiger partial charge in [-0.25, -0.2) is 4.98 Å². The lowest BCUT2D eigenvalue weighted by Crippen LogP contribution is -3.14. The van der Waals surface area contributed by atoms with Gasteiger partial charge in [-0.05, 0) is 37.6 Å². The van der Waals surface area contributed by atoms with E-state index in [0.29, 0.717) is 17.7 Å². The van der Waals surface area contributed by atoms with Gasteiger partial charge < -0.3 is 14.7 Å². The maximum Gasteiger partial charge on any atom is 0.235 e. The van der Waals surface area contributed by atoms with Gasteiger partial charge in [0.25, 0.3) is 0 Å². The fourth-order valence-corrected chi connectivity index (χ4v) is 5.66. The lowest BCUT2D eigenvalue weighted by molar-refractivity contribution is -0.936. The number of aryl methyl sites for hydroxylation is 1. The average Bonchev–Trinajstić information content (AvgIpc) is 3.13. The molecule has 4 rings (SSSR count). The highest BCUT2D eigenvalue weighted by molar-refractivity contribution is 7.17. The number of hydrogen-bond acceptors (Lipinski definition) is 5. The molecular weight excluding hydrogens is 360 g/mol. The molecule has 6 nitrogen and oxygen atoms in total. The number of piperidine rings is 1. The number of likely N-dealkylation sites (tertiary alicyclic amines) is 1. The molecule has 1 fully saturated rings. The van der Waals surface area contributed by atoms with Gasteiger partial charge in [0.1, 0.15) is 16.5 Å². The van der Waals surface area contributed by atoms with E-state index in [4.69, 9.17) is 4.74 Å². The summed E-state index contributed by atoms with van der Waals surface area (Å²) in [5.74, 6) is 3.06. The zero-order valence-electron chi connectivity index (χ0n) is 16.3. The third-order valence-electron chi connectivity index (χ3n) is 5.45. The fraction of sp³-hybridized carbons (Fsp3) is 0.500. The third kappa shape index (κ3) is 3.41. The molecular formula is C20H27N4O2S+. The Morgan fingerprint density at radius 2 is 1.89 bits per heavy atom. The molecule has 0 aliphatic carbocycles. The average molecular weight is 388 g/mol. The number of fused-ring (bicyclic) bond motifs is 1. The zero-order chi connectivity index (χ0) is 19.1. The molecule has 27 heavy (non-hydrogen) atoms. The van der Waals surface area contributed by atoms with Gasteiger partial charge in [0, 0.05) is 17.4 Å². The number of rotatable bonds is 4. The summed E-state index contributed by atoms with van der Waals surface area (Å²) < 4.78 is 6.90. The van der Waals surface area contributed by atoms with Crippen LogP contribution in [-0.4, -0.2) is 39.9 Å². The minimum Gasteiger partial charge on any atom is -0.497 e. The van der Waals surface area contributed by atoms with Crippen molar-refractivity contribution >= 4 is 16.3 Å². The van der Waals surface area contributed by atoms with Crippen molar-refractivity contribution in [1.29, 1.82) is 0 Å². The summed E-state index contributed by atoms with van der Waals surface area (Å²) in [7, 11) is 1.68. The van der Waals surface area contributed by atoms with Crippen molar-refractivity contribution in [3.63, 3.8) is 0 Å². The lowest BCUT2D eigenvalue weighted by Gasteiger charge is -2.37. The quantitative estimate of drug-likeness (QED) is 0.722. The Balaban J connectivity index is 1.80. The highest BCUT2D eigenvalue weighted by Crippen LogP contribution is 2.36. The van der Waals surface area contributed by atoms with Gasteiger partial charge in [0.15, 0.2) is 6.04 Å². The summed E-state index contributed by atoms with van der Waals surface area (Å²) in [6.45, 7) is 8.68. The van der Waals surface area contributed by atoms with E-state index >= 15 is 0 Å². The molecule has 1 aromatic carbocycles. The van der Waals surface area contributed by atoms with Crippen molar-refractivity contribution in [2.75, 3.05) is 20.2 Å². The number of aromatic nitrogens is 3. The van der Waals surface area contributed by atoms with Crippen LogP contribution in [0.5, 0.6) is 11.6 Å². The normalized spacial score (nSPS) is 24.2. The molecule has 3 aromatic rings. The molecule has 144 valence electrons. The van der Waals surface area contributed by atoms with E-state index in [0.717, 1.165) is 28.7 Å². The Hall–Kier alpha value is -2.12. The van der Waals surface area contributed by atoms with Crippen LogP contribution >= 0.6 is 11.3 Å². The van der Waals surface area contributed by atoms with E-state index in [1.54, 1.807) is 23.0 Å². The number of benzene rings is 1. The highest BCUT2D eigenvalue weighted by atomic mass is 32.1. The van der Waals surface area contributed by atoms with Gasteiger partial charge in [-0.1, -0.05) is 25.2 Å². The van der Waals surface area contributed by atoms with Gasteiger partial charge in [-0.3, -0.25) is 0 Å². The molecule has 0 unspecified atom stereocenters. The Morgan fingerprint density at radius 3 is 2.48 bits per heavy atom. The molecule has 1 aliphatic rings. The molecule has 3 heterocycles. The number of methoxy groups -OCH3 is 1. The largest absolute Gasteiger partial charge is 0.497 e. The molecule has 1 saturated heterocycles. The number of ether oxygens (including phenoxy) is 1. The van der Waals surface area contributed by atoms with Gasteiger partial charge in [-0.15, -0.1) is 5.10 Å². The zero-order valence-corrected chi connectivity index (χ0v) is 17.1. The van der Waals surface area contributed by atoms with Crippen molar-refractivity contribution in [3.8, 4) is 11.6 Å². The first-order valence-electron chi connectivity index (χ1n) is 9.49. The van der Waals surface area contributed by atoms with Crippen LogP contribution in [0, 0.1) is 18.8 Å². The molecule has 0 radical (unpaired) electrons. The Bertz CT molecular complexity index is 924. The van der Waals surface area contributed by atoms with Crippen LogP contribution < -0.4 is 9.64 Å². The minimum absolute atomic E-state index is 0.0647. The highest BCUT2D eigenvalue weighted by Gasteiger charge is 2.37. The third-order valence-corrected chi connectivity index (χ3v) is 6.54. The second kappa shape index (κ2) is 7.13. The molecule has 0 saturated carbocycles. The number of hydrogen-bond donors (Lipinski definition) is 2. The van der Waals surface area contributed by atoms with Crippen molar-refractivity contribution in [1.82, 2.24) is 14.6 Å². The Labute approximate surface area is 163 Å². The molecule has 0 amide bonds. The van der Waals surface area contributed by atoms with Crippen LogP contribution in [0.2, 0.25) is 0 Å². The molecule has 2 N–H and O–H groups in total.